The number of phenolic OH excluding ortho intramolecular Hbond substituents is 1. The normalized spacial score (nSPS) is 12.1. The van der Waals surface area contributed by atoms with Gasteiger partial charge >= 0.3 is 0 Å². The fourth-order valence-corrected chi connectivity index (χ4v) is 1.90. The van der Waals surface area contributed by atoms with Crippen molar-refractivity contribution in [2.24, 2.45) is 0 Å². The van der Waals surface area contributed by atoms with Crippen LogP contribution in [0.3, 0.4) is 0 Å². The first-order chi connectivity index (χ1) is 8.70. The predicted molar refractivity (Wildman–Crippen MR) is 71.2 cm³/mol. The van der Waals surface area contributed by atoms with Crippen molar-refractivity contribution in [2.45, 2.75) is 19.4 Å². The number of aromatic hydroxyl groups is 1. The first-order valence-electron chi connectivity index (χ1n) is 6.00. The fourth-order valence-electron chi connectivity index (χ4n) is 1.90. The van der Waals surface area contributed by atoms with Gasteiger partial charge in [0, 0.05) is 11.8 Å². The zero-order chi connectivity index (χ0) is 13.0. The Labute approximate surface area is 106 Å². The molecular formula is C15H16FNO. The molecule has 0 aromatic heterocycles. The molecule has 0 heterocycles. The molecule has 18 heavy (non-hydrogen) atoms. The molecule has 1 atom stereocenters. The summed E-state index contributed by atoms with van der Waals surface area (Å²) in [4.78, 5) is 0. The number of hydrogen-bond donors (Lipinski definition) is 2. The van der Waals surface area contributed by atoms with Gasteiger partial charge in [-0.05, 0) is 24.1 Å². The van der Waals surface area contributed by atoms with Gasteiger partial charge in [0.1, 0.15) is 0 Å². The second-order valence-electron chi connectivity index (χ2n) is 4.18. The molecule has 2 rings (SSSR count). The molecule has 0 aliphatic heterocycles. The maximum absolute atomic E-state index is 13.2. The van der Waals surface area contributed by atoms with Crippen molar-refractivity contribution in [1.82, 2.24) is 0 Å². The topological polar surface area (TPSA) is 32.3 Å². The van der Waals surface area contributed by atoms with Gasteiger partial charge in [-0.1, -0.05) is 37.3 Å². The SMILES string of the molecule is CCC(Nc1ccc(O)c(F)c1)c1ccccc1. The Bertz CT molecular complexity index is 513. The third-order valence-electron chi connectivity index (χ3n) is 2.90. The summed E-state index contributed by atoms with van der Waals surface area (Å²) >= 11 is 0. The van der Waals surface area contributed by atoms with Crippen molar-refractivity contribution in [3.63, 3.8) is 0 Å². The minimum atomic E-state index is -0.608. The van der Waals surface area contributed by atoms with Crippen molar-refractivity contribution in [3.05, 3.63) is 59.9 Å². The smallest absolute Gasteiger partial charge is 0.166 e. The van der Waals surface area contributed by atoms with E-state index < -0.39 is 5.82 Å². The summed E-state index contributed by atoms with van der Waals surface area (Å²) in [5, 5.41) is 12.4. The Morgan fingerprint density at radius 3 is 2.50 bits per heavy atom. The maximum Gasteiger partial charge on any atom is 0.166 e. The average molecular weight is 245 g/mol. The number of anilines is 1. The fraction of sp³-hybridized carbons (Fsp3) is 0.200. The summed E-state index contributed by atoms with van der Waals surface area (Å²) in [5.41, 5.74) is 1.83. The minimum absolute atomic E-state index is 0.134. The largest absolute Gasteiger partial charge is 0.505 e. The third-order valence-corrected chi connectivity index (χ3v) is 2.90. The molecule has 1 unspecified atom stereocenters. The van der Waals surface area contributed by atoms with Crippen LogP contribution in [0.2, 0.25) is 0 Å². The first-order valence-corrected chi connectivity index (χ1v) is 6.00. The highest BCUT2D eigenvalue weighted by Gasteiger charge is 2.09. The minimum Gasteiger partial charge on any atom is -0.505 e. The van der Waals surface area contributed by atoms with Crippen LogP contribution in [0.15, 0.2) is 48.5 Å². The number of hydrogen-bond acceptors (Lipinski definition) is 2. The van der Waals surface area contributed by atoms with E-state index in [0.717, 1.165) is 12.0 Å². The number of nitrogens with one attached hydrogen (secondary N) is 1. The molecule has 0 saturated heterocycles. The van der Waals surface area contributed by atoms with Crippen LogP contribution < -0.4 is 5.32 Å². The molecule has 2 nitrogen and oxygen atoms in total. The van der Waals surface area contributed by atoms with Crippen LogP contribution in [0, 0.1) is 5.82 Å². The van der Waals surface area contributed by atoms with Crippen LogP contribution >= 0.6 is 0 Å². The van der Waals surface area contributed by atoms with E-state index in [9.17, 15) is 4.39 Å². The maximum atomic E-state index is 13.2. The zero-order valence-corrected chi connectivity index (χ0v) is 10.2. The predicted octanol–water partition coefficient (Wildman–Crippen LogP) is 4.09. The summed E-state index contributed by atoms with van der Waals surface area (Å²) < 4.78 is 13.2. The summed E-state index contributed by atoms with van der Waals surface area (Å²) in [6, 6.07) is 14.5. The summed E-state index contributed by atoms with van der Waals surface area (Å²) in [6.07, 6.45) is 0.895. The van der Waals surface area contributed by atoms with Gasteiger partial charge < -0.3 is 10.4 Å². The van der Waals surface area contributed by atoms with Crippen LogP contribution in [0.1, 0.15) is 24.9 Å². The second-order valence-corrected chi connectivity index (χ2v) is 4.18. The molecular weight excluding hydrogens is 229 g/mol. The van der Waals surface area contributed by atoms with Crippen LogP contribution in [-0.4, -0.2) is 5.11 Å². The summed E-state index contributed by atoms with van der Waals surface area (Å²) in [7, 11) is 0. The summed E-state index contributed by atoms with van der Waals surface area (Å²) in [6.45, 7) is 2.07. The lowest BCUT2D eigenvalue weighted by molar-refractivity contribution is 0.432. The lowest BCUT2D eigenvalue weighted by Crippen LogP contribution is -2.09. The Hall–Kier alpha value is -2.03. The van der Waals surface area contributed by atoms with Crippen LogP contribution in [0.25, 0.3) is 0 Å². The molecule has 0 bridgehead atoms. The van der Waals surface area contributed by atoms with Gasteiger partial charge in [-0.2, -0.15) is 0 Å². The van der Waals surface area contributed by atoms with E-state index in [0.29, 0.717) is 5.69 Å². The number of benzene rings is 2. The van der Waals surface area contributed by atoms with Gasteiger partial charge in [-0.15, -0.1) is 0 Å². The Balaban J connectivity index is 2.18. The van der Waals surface area contributed by atoms with Crippen molar-refractivity contribution < 1.29 is 9.50 Å². The molecule has 3 heteroatoms. The second kappa shape index (κ2) is 5.54. The van der Waals surface area contributed by atoms with E-state index in [1.807, 2.05) is 30.3 Å². The van der Waals surface area contributed by atoms with E-state index in [1.165, 1.54) is 12.1 Å². The lowest BCUT2D eigenvalue weighted by Gasteiger charge is -2.18. The van der Waals surface area contributed by atoms with Crippen molar-refractivity contribution in [3.8, 4) is 5.75 Å². The number of rotatable bonds is 4. The van der Waals surface area contributed by atoms with Crippen LogP contribution in [-0.2, 0) is 0 Å². The molecule has 0 amide bonds. The van der Waals surface area contributed by atoms with Crippen molar-refractivity contribution >= 4 is 5.69 Å². The molecule has 0 radical (unpaired) electrons. The Kier molecular flexibility index (Phi) is 3.82. The number of phenols is 1. The zero-order valence-electron chi connectivity index (χ0n) is 10.2. The monoisotopic (exact) mass is 245 g/mol. The molecule has 0 saturated carbocycles. The van der Waals surface area contributed by atoms with E-state index >= 15 is 0 Å². The molecule has 2 N–H and O–H groups in total. The molecule has 2 aromatic carbocycles. The molecule has 0 spiro atoms. The molecule has 0 aliphatic rings. The van der Waals surface area contributed by atoms with Crippen LogP contribution in [0.5, 0.6) is 5.75 Å². The summed E-state index contributed by atoms with van der Waals surface area (Å²) in [5.74, 6) is -0.934. The van der Waals surface area contributed by atoms with E-state index in [4.69, 9.17) is 5.11 Å². The van der Waals surface area contributed by atoms with Gasteiger partial charge in [-0.3, -0.25) is 0 Å². The molecule has 0 fully saturated rings. The van der Waals surface area contributed by atoms with Crippen molar-refractivity contribution in [1.29, 1.82) is 0 Å². The van der Waals surface area contributed by atoms with Gasteiger partial charge in [-0.25, -0.2) is 4.39 Å². The van der Waals surface area contributed by atoms with E-state index in [1.54, 1.807) is 6.07 Å². The van der Waals surface area contributed by atoms with E-state index in [-0.39, 0.29) is 11.8 Å². The van der Waals surface area contributed by atoms with Crippen molar-refractivity contribution in [2.75, 3.05) is 5.32 Å². The third kappa shape index (κ3) is 2.80. The average Bonchev–Trinajstić information content (AvgIpc) is 2.41. The molecule has 94 valence electrons. The standard InChI is InChI=1S/C15H16FNO/c1-2-14(11-6-4-3-5-7-11)17-12-8-9-15(18)13(16)10-12/h3-10,14,17-18H,2H2,1H3. The number of halogens is 1. The highest BCUT2D eigenvalue weighted by atomic mass is 19.1. The Morgan fingerprint density at radius 1 is 1.17 bits per heavy atom. The van der Waals surface area contributed by atoms with Gasteiger partial charge in [0.15, 0.2) is 11.6 Å². The lowest BCUT2D eigenvalue weighted by atomic mass is 10.0. The molecule has 0 aliphatic carbocycles. The van der Waals surface area contributed by atoms with Crippen LogP contribution in [0.4, 0.5) is 10.1 Å². The van der Waals surface area contributed by atoms with Gasteiger partial charge in [0.2, 0.25) is 0 Å². The Morgan fingerprint density at radius 2 is 1.89 bits per heavy atom. The molecule has 2 aromatic rings. The highest BCUT2D eigenvalue weighted by Crippen LogP contribution is 2.25. The highest BCUT2D eigenvalue weighted by molar-refractivity contribution is 5.48. The first kappa shape index (κ1) is 12.4. The van der Waals surface area contributed by atoms with Gasteiger partial charge in [0.25, 0.3) is 0 Å². The van der Waals surface area contributed by atoms with E-state index in [2.05, 4.69) is 12.2 Å². The van der Waals surface area contributed by atoms with Gasteiger partial charge in [0.05, 0.1) is 6.04 Å². The quantitative estimate of drug-likeness (QED) is 0.795.